The van der Waals surface area contributed by atoms with E-state index in [0.29, 0.717) is 18.7 Å². The molecule has 14 heavy (non-hydrogen) atoms. The van der Waals surface area contributed by atoms with E-state index in [2.05, 4.69) is 0 Å². The van der Waals surface area contributed by atoms with Crippen molar-refractivity contribution in [1.82, 2.24) is 0 Å². The van der Waals surface area contributed by atoms with Gasteiger partial charge in [-0.15, -0.1) is 0 Å². The minimum Gasteiger partial charge on any atom is -0.491 e. The van der Waals surface area contributed by atoms with Crippen molar-refractivity contribution in [3.63, 3.8) is 0 Å². The summed E-state index contributed by atoms with van der Waals surface area (Å²) < 4.78 is 18.4. The van der Waals surface area contributed by atoms with Crippen LogP contribution in [0, 0.1) is 5.82 Å². The summed E-state index contributed by atoms with van der Waals surface area (Å²) in [6, 6.07) is 4.35. The summed E-state index contributed by atoms with van der Waals surface area (Å²) in [5.41, 5.74) is 11.7. The Morgan fingerprint density at radius 3 is 2.71 bits per heavy atom. The number of halogens is 1. The molecule has 0 aliphatic heterocycles. The van der Waals surface area contributed by atoms with Crippen LogP contribution in [0.25, 0.3) is 0 Å². The van der Waals surface area contributed by atoms with Crippen molar-refractivity contribution < 1.29 is 9.13 Å². The lowest BCUT2D eigenvalue weighted by Gasteiger charge is -2.11. The lowest BCUT2D eigenvalue weighted by molar-refractivity contribution is 0.321. The molecule has 0 aliphatic rings. The molecule has 0 heterocycles. The molecule has 0 bridgehead atoms. The molecule has 1 aromatic rings. The third-order valence-corrected chi connectivity index (χ3v) is 1.94. The molecule has 4 heteroatoms. The van der Waals surface area contributed by atoms with Crippen molar-refractivity contribution in [2.24, 2.45) is 11.5 Å². The van der Waals surface area contributed by atoms with Gasteiger partial charge in [0.15, 0.2) is 11.6 Å². The maximum absolute atomic E-state index is 13.3. The van der Waals surface area contributed by atoms with E-state index in [9.17, 15) is 4.39 Å². The fraction of sp³-hybridized carbons (Fsp3) is 0.400. The molecule has 1 atom stereocenters. The molecule has 0 saturated heterocycles. The first kappa shape index (κ1) is 10.9. The van der Waals surface area contributed by atoms with Gasteiger partial charge < -0.3 is 16.2 Å². The van der Waals surface area contributed by atoms with E-state index in [0.717, 1.165) is 0 Å². The van der Waals surface area contributed by atoms with E-state index in [1.54, 1.807) is 19.1 Å². The quantitative estimate of drug-likeness (QED) is 0.763. The molecule has 0 amide bonds. The van der Waals surface area contributed by atoms with E-state index >= 15 is 0 Å². The van der Waals surface area contributed by atoms with Crippen molar-refractivity contribution in [3.8, 4) is 5.75 Å². The molecule has 0 aromatic heterocycles. The lowest BCUT2D eigenvalue weighted by Crippen LogP contribution is -2.20. The fourth-order valence-electron chi connectivity index (χ4n) is 1.16. The van der Waals surface area contributed by atoms with Gasteiger partial charge in [-0.3, -0.25) is 0 Å². The van der Waals surface area contributed by atoms with Gasteiger partial charge in [0.2, 0.25) is 0 Å². The van der Waals surface area contributed by atoms with Crippen LogP contribution in [0.15, 0.2) is 18.2 Å². The summed E-state index contributed by atoms with van der Waals surface area (Å²) >= 11 is 0. The molecule has 0 fully saturated rings. The first-order valence-corrected chi connectivity index (χ1v) is 4.57. The Kier molecular flexibility index (Phi) is 3.85. The number of nitrogens with two attached hydrogens (primary N) is 2. The molecule has 1 unspecified atom stereocenters. The van der Waals surface area contributed by atoms with Gasteiger partial charge in [0.25, 0.3) is 0 Å². The standard InChI is InChI=1S/C10H15FN2O/c1-2-14-10-4-3-7(5-8(10)11)9(13)6-12/h3-5,9H,2,6,12-13H2,1H3. The van der Waals surface area contributed by atoms with Gasteiger partial charge in [0, 0.05) is 12.6 Å². The number of hydrogen-bond donors (Lipinski definition) is 2. The predicted octanol–water partition coefficient (Wildman–Crippen LogP) is 1.18. The molecule has 0 spiro atoms. The summed E-state index contributed by atoms with van der Waals surface area (Å²) in [5, 5.41) is 0. The Balaban J connectivity index is 2.88. The zero-order valence-electron chi connectivity index (χ0n) is 8.16. The van der Waals surface area contributed by atoms with Gasteiger partial charge >= 0.3 is 0 Å². The van der Waals surface area contributed by atoms with Crippen LogP contribution < -0.4 is 16.2 Å². The van der Waals surface area contributed by atoms with Crippen LogP contribution in [0.3, 0.4) is 0 Å². The van der Waals surface area contributed by atoms with E-state index in [1.807, 2.05) is 0 Å². The van der Waals surface area contributed by atoms with Crippen LogP contribution in [0.1, 0.15) is 18.5 Å². The van der Waals surface area contributed by atoms with Crippen LogP contribution in [0.2, 0.25) is 0 Å². The topological polar surface area (TPSA) is 61.3 Å². The van der Waals surface area contributed by atoms with Gasteiger partial charge in [0.05, 0.1) is 6.61 Å². The van der Waals surface area contributed by atoms with Gasteiger partial charge in [-0.05, 0) is 24.6 Å². The Bertz CT molecular complexity index is 304. The van der Waals surface area contributed by atoms with Crippen LogP contribution >= 0.6 is 0 Å². The monoisotopic (exact) mass is 198 g/mol. The van der Waals surface area contributed by atoms with Crippen molar-refractivity contribution in [3.05, 3.63) is 29.6 Å². The van der Waals surface area contributed by atoms with E-state index in [1.165, 1.54) is 6.07 Å². The highest BCUT2D eigenvalue weighted by atomic mass is 19.1. The third-order valence-electron chi connectivity index (χ3n) is 1.94. The molecular formula is C10H15FN2O. The second kappa shape index (κ2) is 4.93. The zero-order valence-corrected chi connectivity index (χ0v) is 8.16. The Morgan fingerprint density at radius 1 is 1.50 bits per heavy atom. The number of hydrogen-bond acceptors (Lipinski definition) is 3. The smallest absolute Gasteiger partial charge is 0.165 e. The zero-order chi connectivity index (χ0) is 10.6. The maximum atomic E-state index is 13.3. The molecule has 0 radical (unpaired) electrons. The second-order valence-corrected chi connectivity index (χ2v) is 2.97. The largest absolute Gasteiger partial charge is 0.491 e. The molecule has 0 saturated carbocycles. The SMILES string of the molecule is CCOc1ccc(C(N)CN)cc1F. The van der Waals surface area contributed by atoms with E-state index in [4.69, 9.17) is 16.2 Å². The summed E-state index contributed by atoms with van der Waals surface area (Å²) in [5.74, 6) is -0.145. The molecule has 78 valence electrons. The molecular weight excluding hydrogens is 183 g/mol. The third kappa shape index (κ3) is 2.43. The van der Waals surface area contributed by atoms with Crippen LogP contribution in [0.5, 0.6) is 5.75 Å². The number of benzene rings is 1. The average molecular weight is 198 g/mol. The van der Waals surface area contributed by atoms with Crippen LogP contribution in [0.4, 0.5) is 4.39 Å². The van der Waals surface area contributed by atoms with Gasteiger partial charge in [-0.25, -0.2) is 4.39 Å². The first-order chi connectivity index (χ1) is 6.69. The van der Waals surface area contributed by atoms with Gasteiger partial charge in [-0.1, -0.05) is 6.07 Å². The van der Waals surface area contributed by atoms with Crippen molar-refractivity contribution >= 4 is 0 Å². The lowest BCUT2D eigenvalue weighted by atomic mass is 10.1. The Labute approximate surface area is 82.9 Å². The second-order valence-electron chi connectivity index (χ2n) is 2.97. The normalized spacial score (nSPS) is 12.6. The van der Waals surface area contributed by atoms with Crippen LogP contribution in [-0.4, -0.2) is 13.2 Å². The Hall–Kier alpha value is -1.13. The summed E-state index contributed by atoms with van der Waals surface area (Å²) in [4.78, 5) is 0. The summed E-state index contributed by atoms with van der Waals surface area (Å²) in [7, 11) is 0. The first-order valence-electron chi connectivity index (χ1n) is 4.57. The minimum absolute atomic E-state index is 0.250. The molecule has 1 aromatic carbocycles. The van der Waals surface area contributed by atoms with Crippen molar-refractivity contribution in [1.29, 1.82) is 0 Å². The maximum Gasteiger partial charge on any atom is 0.165 e. The summed E-state index contributed by atoms with van der Waals surface area (Å²) in [6.07, 6.45) is 0. The molecule has 0 aliphatic carbocycles. The van der Waals surface area contributed by atoms with Gasteiger partial charge in [0.1, 0.15) is 0 Å². The van der Waals surface area contributed by atoms with E-state index in [-0.39, 0.29) is 11.8 Å². The van der Waals surface area contributed by atoms with Crippen molar-refractivity contribution in [2.75, 3.05) is 13.2 Å². The highest BCUT2D eigenvalue weighted by Gasteiger charge is 2.08. The molecule has 1 rings (SSSR count). The minimum atomic E-state index is -0.395. The summed E-state index contributed by atoms with van der Waals surface area (Å²) in [6.45, 7) is 2.55. The van der Waals surface area contributed by atoms with E-state index < -0.39 is 5.82 Å². The van der Waals surface area contributed by atoms with Crippen LogP contribution in [-0.2, 0) is 0 Å². The predicted molar refractivity (Wildman–Crippen MR) is 53.6 cm³/mol. The van der Waals surface area contributed by atoms with Gasteiger partial charge in [-0.2, -0.15) is 0 Å². The fourth-order valence-corrected chi connectivity index (χ4v) is 1.16. The number of ether oxygens (including phenoxy) is 1. The Morgan fingerprint density at radius 2 is 2.21 bits per heavy atom. The number of rotatable bonds is 4. The average Bonchev–Trinajstić information content (AvgIpc) is 2.20. The van der Waals surface area contributed by atoms with Crippen molar-refractivity contribution in [2.45, 2.75) is 13.0 Å². The highest BCUT2D eigenvalue weighted by molar-refractivity contribution is 5.31. The molecule has 3 nitrogen and oxygen atoms in total. The highest BCUT2D eigenvalue weighted by Crippen LogP contribution is 2.20. The molecule has 4 N–H and O–H groups in total.